The average Bonchev–Trinajstić information content (AvgIpc) is 2.71. The molecule has 0 unspecified atom stereocenters. The first-order valence-corrected chi connectivity index (χ1v) is 10.5. The van der Waals surface area contributed by atoms with Crippen molar-refractivity contribution in [3.05, 3.63) is 77.9 Å². The van der Waals surface area contributed by atoms with Crippen LogP contribution in [0.15, 0.2) is 76.8 Å². The van der Waals surface area contributed by atoms with Gasteiger partial charge in [-0.05, 0) is 42.0 Å². The first kappa shape index (κ1) is 18.8. The summed E-state index contributed by atoms with van der Waals surface area (Å²) in [5.74, 6) is 0.652. The van der Waals surface area contributed by atoms with Gasteiger partial charge in [0.15, 0.2) is 0 Å². The molecule has 26 heavy (non-hydrogen) atoms. The summed E-state index contributed by atoms with van der Waals surface area (Å²) in [6, 6.07) is 23.1. The molecule has 134 valence electrons. The number of alkyl halides is 1. The van der Waals surface area contributed by atoms with Gasteiger partial charge in [0.2, 0.25) is 0 Å². The molecule has 0 radical (unpaired) electrons. The lowest BCUT2D eigenvalue weighted by atomic mass is 9.97. The van der Waals surface area contributed by atoms with Crippen LogP contribution in [0, 0.1) is 0 Å². The molecule has 3 aromatic carbocycles. The van der Waals surface area contributed by atoms with Crippen molar-refractivity contribution in [3.8, 4) is 0 Å². The minimum atomic E-state index is 0.573. The van der Waals surface area contributed by atoms with Crippen LogP contribution in [-0.4, -0.2) is 24.5 Å². The van der Waals surface area contributed by atoms with Crippen molar-refractivity contribution in [1.82, 2.24) is 0 Å². The van der Waals surface area contributed by atoms with Crippen LogP contribution in [0.4, 0.5) is 0 Å². The molecule has 3 rings (SSSR count). The number of thioether (sulfide) groups is 1. The molecule has 0 aliphatic rings. The van der Waals surface area contributed by atoms with E-state index in [2.05, 4.69) is 78.1 Å². The Labute approximate surface area is 164 Å². The quantitative estimate of drug-likeness (QED) is 0.148. The zero-order chi connectivity index (χ0) is 18.2. The van der Waals surface area contributed by atoms with E-state index >= 15 is 0 Å². The molecule has 4 heteroatoms. The molecule has 0 bridgehead atoms. The molecule has 0 saturated heterocycles. The van der Waals surface area contributed by atoms with Gasteiger partial charge in [-0.1, -0.05) is 59.8 Å². The fourth-order valence-corrected chi connectivity index (χ4v) is 3.41. The van der Waals surface area contributed by atoms with E-state index in [1.54, 1.807) is 11.8 Å². The van der Waals surface area contributed by atoms with E-state index in [1.165, 1.54) is 15.7 Å². The van der Waals surface area contributed by atoms with Crippen molar-refractivity contribution >= 4 is 39.8 Å². The summed E-state index contributed by atoms with van der Waals surface area (Å²) >= 11 is 7.47. The van der Waals surface area contributed by atoms with Crippen LogP contribution >= 0.6 is 23.4 Å². The maximum Gasteiger partial charge on any atom is 0.117 e. The van der Waals surface area contributed by atoms with E-state index in [1.807, 2.05) is 0 Å². The Morgan fingerprint density at radius 3 is 2.50 bits per heavy atom. The van der Waals surface area contributed by atoms with Crippen LogP contribution < -0.4 is 0 Å². The highest BCUT2D eigenvalue weighted by molar-refractivity contribution is 7.98. The van der Waals surface area contributed by atoms with Gasteiger partial charge in [-0.3, -0.25) is 0 Å². The summed E-state index contributed by atoms with van der Waals surface area (Å²) in [7, 11) is 0. The third-order valence-electron chi connectivity index (χ3n) is 4.18. The summed E-state index contributed by atoms with van der Waals surface area (Å²) < 4.78 is 0. The van der Waals surface area contributed by atoms with Gasteiger partial charge in [0.05, 0.1) is 0 Å². The number of nitrogens with zero attached hydrogens (tertiary/aromatic N) is 1. The zero-order valence-corrected chi connectivity index (χ0v) is 16.4. The first-order chi connectivity index (χ1) is 12.8. The van der Waals surface area contributed by atoms with Gasteiger partial charge in [-0.15, -0.1) is 23.4 Å². The molecule has 0 fully saturated rings. The van der Waals surface area contributed by atoms with Crippen molar-refractivity contribution < 1.29 is 4.84 Å². The third kappa shape index (κ3) is 4.60. The van der Waals surface area contributed by atoms with E-state index in [4.69, 9.17) is 16.4 Å². The van der Waals surface area contributed by atoms with Crippen molar-refractivity contribution in [1.29, 1.82) is 0 Å². The van der Waals surface area contributed by atoms with Gasteiger partial charge in [0.25, 0.3) is 0 Å². The summed E-state index contributed by atoms with van der Waals surface area (Å²) in [6.45, 7) is 0.573. The van der Waals surface area contributed by atoms with Gasteiger partial charge < -0.3 is 4.84 Å². The molecule has 0 amide bonds. The number of benzene rings is 3. The summed E-state index contributed by atoms with van der Waals surface area (Å²) in [4.78, 5) is 6.87. The second kappa shape index (κ2) is 9.65. The number of unbranched alkanes of at least 4 members (excludes halogenated alkanes) is 1. The number of fused-ring (bicyclic) bond motifs is 1. The van der Waals surface area contributed by atoms with E-state index in [-0.39, 0.29) is 0 Å². The minimum Gasteiger partial charge on any atom is -0.395 e. The molecule has 0 atom stereocenters. The monoisotopic (exact) mass is 383 g/mol. The van der Waals surface area contributed by atoms with Crippen LogP contribution in [0.5, 0.6) is 0 Å². The van der Waals surface area contributed by atoms with Crippen LogP contribution in [0.1, 0.15) is 24.0 Å². The largest absolute Gasteiger partial charge is 0.395 e. The molecule has 0 spiro atoms. The number of hydrogen-bond donors (Lipinski definition) is 0. The predicted octanol–water partition coefficient (Wildman–Crippen LogP) is 6.35. The maximum atomic E-state index is 5.74. The Morgan fingerprint density at radius 1 is 0.962 bits per heavy atom. The van der Waals surface area contributed by atoms with Gasteiger partial charge >= 0.3 is 0 Å². The van der Waals surface area contributed by atoms with Crippen LogP contribution in [0.2, 0.25) is 0 Å². The summed E-state index contributed by atoms with van der Waals surface area (Å²) in [5.41, 5.74) is 2.99. The topological polar surface area (TPSA) is 21.6 Å². The molecule has 0 aliphatic carbocycles. The molecule has 0 N–H and O–H groups in total. The van der Waals surface area contributed by atoms with Crippen LogP contribution in [-0.2, 0) is 4.84 Å². The average molecular weight is 384 g/mol. The summed E-state index contributed by atoms with van der Waals surface area (Å²) in [5, 5.41) is 6.88. The fraction of sp³-hybridized carbons (Fsp3) is 0.227. The lowest BCUT2D eigenvalue weighted by Gasteiger charge is -2.11. The Kier molecular flexibility index (Phi) is 6.98. The second-order valence-corrected chi connectivity index (χ2v) is 7.18. The Bertz CT molecular complexity index is 871. The molecular formula is C22H22ClNOS. The number of hydrogen-bond acceptors (Lipinski definition) is 3. The van der Waals surface area contributed by atoms with Crippen LogP contribution in [0.25, 0.3) is 10.8 Å². The second-order valence-electron chi connectivity index (χ2n) is 5.92. The lowest BCUT2D eigenvalue weighted by Crippen LogP contribution is -2.06. The third-order valence-corrected chi connectivity index (χ3v) is 5.19. The molecule has 3 aromatic rings. The molecule has 0 aromatic heterocycles. The van der Waals surface area contributed by atoms with Crippen molar-refractivity contribution in [2.45, 2.75) is 17.7 Å². The number of halogens is 1. The van der Waals surface area contributed by atoms with E-state index < -0.39 is 0 Å². The lowest BCUT2D eigenvalue weighted by molar-refractivity contribution is 0.141. The molecule has 2 nitrogen and oxygen atoms in total. The predicted molar refractivity (Wildman–Crippen MR) is 114 cm³/mol. The fourth-order valence-electron chi connectivity index (χ4n) is 2.81. The summed E-state index contributed by atoms with van der Waals surface area (Å²) in [6.07, 6.45) is 3.92. The highest BCUT2D eigenvalue weighted by Gasteiger charge is 2.12. The molecular weight excluding hydrogens is 362 g/mol. The van der Waals surface area contributed by atoms with E-state index in [9.17, 15) is 0 Å². The Morgan fingerprint density at radius 2 is 1.73 bits per heavy atom. The number of oxime groups is 1. The minimum absolute atomic E-state index is 0.573. The molecule has 0 saturated carbocycles. The zero-order valence-electron chi connectivity index (χ0n) is 14.8. The van der Waals surface area contributed by atoms with Gasteiger partial charge in [-0.25, -0.2) is 0 Å². The van der Waals surface area contributed by atoms with Crippen molar-refractivity contribution in [2.24, 2.45) is 5.16 Å². The highest BCUT2D eigenvalue weighted by atomic mass is 35.5. The van der Waals surface area contributed by atoms with Crippen molar-refractivity contribution in [2.75, 3.05) is 18.7 Å². The highest BCUT2D eigenvalue weighted by Crippen LogP contribution is 2.24. The maximum absolute atomic E-state index is 5.74. The first-order valence-electron chi connectivity index (χ1n) is 8.72. The Hall–Kier alpha value is -1.97. The SMILES string of the molecule is CSc1ccc(/C(=N/OCCCCCl)c2cccc3ccccc23)cc1. The smallest absolute Gasteiger partial charge is 0.117 e. The molecule has 0 aliphatic heterocycles. The van der Waals surface area contributed by atoms with Gasteiger partial charge in [-0.2, -0.15) is 0 Å². The van der Waals surface area contributed by atoms with E-state index in [0.29, 0.717) is 12.5 Å². The van der Waals surface area contributed by atoms with Crippen molar-refractivity contribution in [3.63, 3.8) is 0 Å². The van der Waals surface area contributed by atoms with Gasteiger partial charge in [0.1, 0.15) is 12.3 Å². The van der Waals surface area contributed by atoms with Gasteiger partial charge in [0, 0.05) is 21.9 Å². The Balaban J connectivity index is 1.99. The standard InChI is InChI=1S/C22H22ClNOS/c1-26-19-13-11-18(12-14-19)22(24-25-16-5-4-15-23)21-10-6-8-17-7-2-3-9-20(17)21/h2-3,6-14H,4-5,15-16H2,1H3/b24-22-. The number of rotatable bonds is 8. The van der Waals surface area contributed by atoms with E-state index in [0.717, 1.165) is 29.7 Å². The van der Waals surface area contributed by atoms with Crippen LogP contribution in [0.3, 0.4) is 0 Å². The molecule has 0 heterocycles. The normalized spacial score (nSPS) is 11.7.